The smallest absolute Gasteiger partial charge is 0.268 e. The van der Waals surface area contributed by atoms with Crippen LogP contribution < -0.4 is 14.8 Å². The van der Waals surface area contributed by atoms with E-state index in [2.05, 4.69) is 10.3 Å². The fourth-order valence-corrected chi connectivity index (χ4v) is 2.62. The summed E-state index contributed by atoms with van der Waals surface area (Å²) < 4.78 is 11.2. The Hall–Kier alpha value is -2.79. The number of amides is 1. The molecule has 0 bridgehead atoms. The number of rotatable bonds is 5. The molecule has 2 aromatic carbocycles. The average Bonchev–Trinajstić information content (AvgIpc) is 2.63. The monoisotopic (exact) mass is 370 g/mol. The van der Waals surface area contributed by atoms with Gasteiger partial charge in [0.15, 0.2) is 5.60 Å². The molecule has 0 saturated heterocycles. The molecule has 1 aromatic heterocycles. The Morgan fingerprint density at radius 2 is 1.85 bits per heavy atom. The van der Waals surface area contributed by atoms with E-state index in [1.807, 2.05) is 18.2 Å². The Labute approximate surface area is 156 Å². The zero-order valence-electron chi connectivity index (χ0n) is 14.7. The third kappa shape index (κ3) is 3.89. The Kier molecular flexibility index (Phi) is 5.00. The Bertz CT molecular complexity index is 939. The van der Waals surface area contributed by atoms with E-state index >= 15 is 0 Å². The van der Waals surface area contributed by atoms with Gasteiger partial charge in [-0.2, -0.15) is 0 Å². The highest BCUT2D eigenvalue weighted by molar-refractivity contribution is 6.30. The average molecular weight is 371 g/mol. The van der Waals surface area contributed by atoms with E-state index in [0.717, 1.165) is 5.39 Å². The predicted molar refractivity (Wildman–Crippen MR) is 103 cm³/mol. The summed E-state index contributed by atoms with van der Waals surface area (Å²) in [6.07, 6.45) is 1.68. The molecule has 3 rings (SSSR count). The summed E-state index contributed by atoms with van der Waals surface area (Å²) in [5.41, 5.74) is 0.152. The number of nitrogens with zero attached hydrogens (tertiary/aromatic N) is 1. The van der Waals surface area contributed by atoms with Crippen LogP contribution in [0, 0.1) is 0 Å². The third-order valence-electron chi connectivity index (χ3n) is 3.90. The zero-order chi connectivity index (χ0) is 18.7. The number of benzene rings is 2. The molecular formula is C20H19ClN2O3. The van der Waals surface area contributed by atoms with E-state index in [1.54, 1.807) is 57.5 Å². The summed E-state index contributed by atoms with van der Waals surface area (Å²) in [5.74, 6) is 0.896. The summed E-state index contributed by atoms with van der Waals surface area (Å²) >= 11 is 5.88. The largest absolute Gasteiger partial charge is 0.497 e. The van der Waals surface area contributed by atoms with Gasteiger partial charge in [0.2, 0.25) is 0 Å². The molecule has 0 spiro atoms. The van der Waals surface area contributed by atoms with Crippen molar-refractivity contribution >= 4 is 34.1 Å². The van der Waals surface area contributed by atoms with Crippen molar-refractivity contribution in [3.8, 4) is 11.5 Å². The molecule has 134 valence electrons. The van der Waals surface area contributed by atoms with Crippen molar-refractivity contribution in [1.82, 2.24) is 4.98 Å². The van der Waals surface area contributed by atoms with Crippen LogP contribution >= 0.6 is 11.6 Å². The van der Waals surface area contributed by atoms with E-state index in [-0.39, 0.29) is 5.91 Å². The molecule has 5 nitrogen and oxygen atoms in total. The molecular weight excluding hydrogens is 352 g/mol. The van der Waals surface area contributed by atoms with Crippen molar-refractivity contribution in [2.24, 2.45) is 0 Å². The van der Waals surface area contributed by atoms with Crippen molar-refractivity contribution in [3.63, 3.8) is 0 Å². The van der Waals surface area contributed by atoms with E-state index in [4.69, 9.17) is 21.1 Å². The van der Waals surface area contributed by atoms with Crippen LogP contribution in [0.1, 0.15) is 13.8 Å². The number of carbonyl (C=O) groups is 1. The van der Waals surface area contributed by atoms with Gasteiger partial charge in [0, 0.05) is 22.7 Å². The van der Waals surface area contributed by atoms with E-state index in [1.165, 1.54) is 0 Å². The molecule has 0 atom stereocenters. The van der Waals surface area contributed by atoms with Gasteiger partial charge in [-0.05, 0) is 50.2 Å². The van der Waals surface area contributed by atoms with Gasteiger partial charge < -0.3 is 14.8 Å². The summed E-state index contributed by atoms with van der Waals surface area (Å²) in [6, 6.07) is 14.2. The number of hydrogen-bond donors (Lipinski definition) is 1. The number of pyridine rings is 1. The van der Waals surface area contributed by atoms with Crippen molar-refractivity contribution in [2.45, 2.75) is 19.4 Å². The van der Waals surface area contributed by atoms with Gasteiger partial charge in [-0.1, -0.05) is 17.7 Å². The maximum Gasteiger partial charge on any atom is 0.268 e. The minimum absolute atomic E-state index is 0.298. The molecule has 6 heteroatoms. The highest BCUT2D eigenvalue weighted by atomic mass is 35.5. The molecule has 0 aliphatic carbocycles. The third-order valence-corrected chi connectivity index (χ3v) is 4.15. The van der Waals surface area contributed by atoms with Gasteiger partial charge in [0.05, 0.1) is 18.3 Å². The van der Waals surface area contributed by atoms with Gasteiger partial charge in [0.1, 0.15) is 11.5 Å². The lowest BCUT2D eigenvalue weighted by molar-refractivity contribution is -0.128. The van der Waals surface area contributed by atoms with Crippen LogP contribution in [0.2, 0.25) is 5.02 Å². The minimum atomic E-state index is -1.10. The number of nitrogens with one attached hydrogen (secondary N) is 1. The summed E-state index contributed by atoms with van der Waals surface area (Å²) in [5, 5.41) is 4.38. The molecule has 3 aromatic rings. The Balaban J connectivity index is 1.86. The standard InChI is InChI=1S/C20H19ClN2O3/c1-20(2,26-15-8-6-14(21)7-9-15)19(24)23-17-12-16(25-3)11-13-5-4-10-22-18(13)17/h4-12H,1-3H3,(H,23,24). The summed E-state index contributed by atoms with van der Waals surface area (Å²) in [6.45, 7) is 3.40. The molecule has 0 fully saturated rings. The van der Waals surface area contributed by atoms with Crippen LogP contribution in [0.25, 0.3) is 10.9 Å². The lowest BCUT2D eigenvalue weighted by Gasteiger charge is -2.25. The second-order valence-electron chi connectivity index (χ2n) is 6.27. The zero-order valence-corrected chi connectivity index (χ0v) is 15.5. The maximum atomic E-state index is 12.8. The van der Waals surface area contributed by atoms with E-state index in [9.17, 15) is 4.79 Å². The fraction of sp³-hybridized carbons (Fsp3) is 0.200. The molecule has 0 saturated carbocycles. The van der Waals surface area contributed by atoms with Crippen molar-refractivity contribution in [1.29, 1.82) is 0 Å². The number of carbonyl (C=O) groups excluding carboxylic acids is 1. The summed E-state index contributed by atoms with van der Waals surface area (Å²) in [7, 11) is 1.58. The van der Waals surface area contributed by atoms with Crippen molar-refractivity contribution in [2.75, 3.05) is 12.4 Å². The van der Waals surface area contributed by atoms with Gasteiger partial charge in [0.25, 0.3) is 5.91 Å². The molecule has 26 heavy (non-hydrogen) atoms. The Morgan fingerprint density at radius 1 is 1.12 bits per heavy atom. The van der Waals surface area contributed by atoms with Crippen molar-refractivity contribution < 1.29 is 14.3 Å². The number of halogens is 1. The van der Waals surface area contributed by atoms with Crippen LogP contribution in [-0.2, 0) is 4.79 Å². The topological polar surface area (TPSA) is 60.5 Å². The molecule has 1 heterocycles. The highest BCUT2D eigenvalue weighted by Gasteiger charge is 2.30. The lowest BCUT2D eigenvalue weighted by Crippen LogP contribution is -2.42. The SMILES string of the molecule is COc1cc(NC(=O)C(C)(C)Oc2ccc(Cl)cc2)c2ncccc2c1. The number of methoxy groups -OCH3 is 1. The highest BCUT2D eigenvalue weighted by Crippen LogP contribution is 2.29. The molecule has 1 amide bonds. The van der Waals surface area contributed by atoms with Crippen LogP contribution in [0.4, 0.5) is 5.69 Å². The molecule has 0 aliphatic heterocycles. The quantitative estimate of drug-likeness (QED) is 0.707. The predicted octanol–water partition coefficient (Wildman–Crippen LogP) is 4.69. The lowest BCUT2D eigenvalue weighted by atomic mass is 10.1. The molecule has 0 radical (unpaired) electrons. The minimum Gasteiger partial charge on any atom is -0.497 e. The van der Waals surface area contributed by atoms with Gasteiger partial charge in [-0.3, -0.25) is 9.78 Å². The molecule has 1 N–H and O–H groups in total. The van der Waals surface area contributed by atoms with Crippen LogP contribution in [-0.4, -0.2) is 23.6 Å². The first-order valence-corrected chi connectivity index (χ1v) is 8.45. The van der Waals surface area contributed by atoms with Gasteiger partial charge in [-0.25, -0.2) is 0 Å². The Morgan fingerprint density at radius 3 is 2.54 bits per heavy atom. The second kappa shape index (κ2) is 7.22. The second-order valence-corrected chi connectivity index (χ2v) is 6.71. The van der Waals surface area contributed by atoms with Gasteiger partial charge in [-0.15, -0.1) is 0 Å². The number of fused-ring (bicyclic) bond motifs is 1. The maximum absolute atomic E-state index is 12.8. The van der Waals surface area contributed by atoms with Gasteiger partial charge >= 0.3 is 0 Å². The van der Waals surface area contributed by atoms with E-state index < -0.39 is 5.60 Å². The van der Waals surface area contributed by atoms with Crippen LogP contribution in [0.3, 0.4) is 0 Å². The van der Waals surface area contributed by atoms with Crippen molar-refractivity contribution in [3.05, 3.63) is 59.8 Å². The number of ether oxygens (including phenoxy) is 2. The number of aromatic nitrogens is 1. The van der Waals surface area contributed by atoms with Crippen LogP contribution in [0.15, 0.2) is 54.7 Å². The first-order chi connectivity index (χ1) is 12.4. The first-order valence-electron chi connectivity index (χ1n) is 8.08. The normalized spacial score (nSPS) is 11.2. The fourth-order valence-electron chi connectivity index (χ4n) is 2.49. The number of anilines is 1. The molecule has 0 aliphatic rings. The van der Waals surface area contributed by atoms with E-state index in [0.29, 0.717) is 27.7 Å². The molecule has 0 unspecified atom stereocenters. The first kappa shape index (κ1) is 18.0. The summed E-state index contributed by atoms with van der Waals surface area (Å²) in [4.78, 5) is 17.2. The number of hydrogen-bond acceptors (Lipinski definition) is 4. The van der Waals surface area contributed by atoms with Crippen LogP contribution in [0.5, 0.6) is 11.5 Å².